The van der Waals surface area contributed by atoms with Crippen LogP contribution in [0.4, 0.5) is 27.9 Å². The highest BCUT2D eigenvalue weighted by atomic mass is 16.6. The van der Waals surface area contributed by atoms with E-state index in [1.165, 1.54) is 6.20 Å². The van der Waals surface area contributed by atoms with Gasteiger partial charge in [-0.25, -0.2) is 14.8 Å². The van der Waals surface area contributed by atoms with E-state index < -0.39 is 6.09 Å². The smallest absolute Gasteiger partial charge is 0.411 e. The van der Waals surface area contributed by atoms with Crippen molar-refractivity contribution in [1.82, 2.24) is 19.9 Å². The summed E-state index contributed by atoms with van der Waals surface area (Å²) in [6, 6.07) is 7.16. The highest BCUT2D eigenvalue weighted by Crippen LogP contribution is 2.18. The second kappa shape index (κ2) is 9.58. The van der Waals surface area contributed by atoms with Gasteiger partial charge in [-0.05, 0) is 37.5 Å². The maximum atomic E-state index is 11.8. The van der Waals surface area contributed by atoms with Crippen LogP contribution in [0, 0.1) is 0 Å². The van der Waals surface area contributed by atoms with Crippen molar-refractivity contribution in [2.45, 2.75) is 26.4 Å². The first-order valence-corrected chi connectivity index (χ1v) is 9.18. The fourth-order valence-corrected chi connectivity index (χ4v) is 2.50. The number of rotatable bonds is 8. The minimum absolute atomic E-state index is 0.196. The van der Waals surface area contributed by atoms with Gasteiger partial charge < -0.3 is 20.4 Å². The number of hydrogen-bond donors (Lipinski definition) is 4. The molecule has 29 heavy (non-hydrogen) atoms. The fraction of sp³-hybridized carbons (Fsp3) is 0.263. The van der Waals surface area contributed by atoms with Crippen molar-refractivity contribution in [2.75, 3.05) is 22.5 Å². The summed E-state index contributed by atoms with van der Waals surface area (Å²) in [5.41, 5.74) is 2.77. The number of anilines is 4. The third-order valence-electron chi connectivity index (χ3n) is 3.77. The Morgan fingerprint density at radius 1 is 1.28 bits per heavy atom. The molecule has 3 aromatic rings. The lowest BCUT2D eigenvalue weighted by atomic mass is 9.99. The fourth-order valence-electron chi connectivity index (χ4n) is 2.50. The van der Waals surface area contributed by atoms with Crippen molar-refractivity contribution < 1.29 is 9.53 Å². The number of carbonyl (C=O) groups excluding carboxylic acids is 1. The molecule has 0 aliphatic heterocycles. The first-order valence-electron chi connectivity index (χ1n) is 9.18. The molecule has 0 saturated heterocycles. The highest BCUT2D eigenvalue weighted by molar-refractivity contribution is 6.35. The average Bonchev–Trinajstić information content (AvgIpc) is 3.17. The van der Waals surface area contributed by atoms with Gasteiger partial charge in [-0.1, -0.05) is 6.07 Å². The van der Waals surface area contributed by atoms with Crippen molar-refractivity contribution in [3.05, 3.63) is 48.7 Å². The van der Waals surface area contributed by atoms with Crippen LogP contribution in [0.3, 0.4) is 0 Å². The number of carbonyl (C=O) groups is 1. The van der Waals surface area contributed by atoms with Crippen LogP contribution in [-0.4, -0.2) is 46.5 Å². The monoisotopic (exact) mass is 391 g/mol. The highest BCUT2D eigenvalue weighted by Gasteiger charge is 2.08. The van der Waals surface area contributed by atoms with Gasteiger partial charge in [-0.3, -0.25) is 5.32 Å². The molecule has 0 bridgehead atoms. The zero-order valence-electron chi connectivity index (χ0n) is 16.3. The van der Waals surface area contributed by atoms with Crippen molar-refractivity contribution in [1.29, 1.82) is 0 Å². The maximum Gasteiger partial charge on any atom is 0.411 e. The number of H-pyrrole nitrogens is 1. The SMILES string of the molecule is [B]c1cnc(Nc2cccc(NC(=O)OC(C)C)c2)nc1NCCc1cnc[nH]1. The van der Waals surface area contributed by atoms with E-state index >= 15 is 0 Å². The first-order chi connectivity index (χ1) is 14.0. The number of aromatic nitrogens is 4. The topological polar surface area (TPSA) is 117 Å². The molecule has 3 rings (SSSR count). The zero-order chi connectivity index (χ0) is 20.6. The lowest BCUT2D eigenvalue weighted by molar-refractivity contribution is 0.130. The van der Waals surface area contributed by atoms with E-state index in [4.69, 9.17) is 12.6 Å². The molecule has 9 nitrogen and oxygen atoms in total. The summed E-state index contributed by atoms with van der Waals surface area (Å²) in [4.78, 5) is 27.4. The van der Waals surface area contributed by atoms with Crippen molar-refractivity contribution in [3.63, 3.8) is 0 Å². The van der Waals surface area contributed by atoms with Gasteiger partial charge in [0.05, 0.1) is 12.4 Å². The number of nitrogens with zero attached hydrogens (tertiary/aromatic N) is 3. The Balaban J connectivity index is 1.62. The third kappa shape index (κ3) is 6.23. The van der Waals surface area contributed by atoms with Crippen LogP contribution >= 0.6 is 0 Å². The van der Waals surface area contributed by atoms with E-state index in [2.05, 4.69) is 35.9 Å². The van der Waals surface area contributed by atoms with Gasteiger partial charge in [-0.2, -0.15) is 4.98 Å². The van der Waals surface area contributed by atoms with E-state index in [1.54, 1.807) is 44.6 Å². The molecular weight excluding hydrogens is 369 g/mol. The van der Waals surface area contributed by atoms with Gasteiger partial charge in [0.2, 0.25) is 5.95 Å². The summed E-state index contributed by atoms with van der Waals surface area (Å²) in [5, 5.41) is 8.98. The van der Waals surface area contributed by atoms with Crippen molar-refractivity contribution >= 4 is 42.5 Å². The molecule has 0 aliphatic rings. The van der Waals surface area contributed by atoms with E-state index in [0.29, 0.717) is 35.1 Å². The maximum absolute atomic E-state index is 11.8. The molecule has 1 aromatic carbocycles. The number of nitrogens with one attached hydrogen (secondary N) is 4. The molecule has 2 radical (unpaired) electrons. The molecular formula is C19H22BN7O2. The molecule has 0 spiro atoms. The second-order valence-electron chi connectivity index (χ2n) is 6.54. The van der Waals surface area contributed by atoms with Gasteiger partial charge in [0.1, 0.15) is 13.7 Å². The summed E-state index contributed by atoms with van der Waals surface area (Å²) in [5.74, 6) is 0.918. The average molecular weight is 391 g/mol. The van der Waals surface area contributed by atoms with Crippen molar-refractivity contribution in [3.8, 4) is 0 Å². The largest absolute Gasteiger partial charge is 0.447 e. The van der Waals surface area contributed by atoms with Crippen LogP contribution in [0.15, 0.2) is 43.0 Å². The zero-order valence-corrected chi connectivity index (χ0v) is 16.3. The van der Waals surface area contributed by atoms with Crippen LogP contribution in [-0.2, 0) is 11.2 Å². The van der Waals surface area contributed by atoms with E-state index in [9.17, 15) is 4.79 Å². The van der Waals surface area contributed by atoms with Crippen LogP contribution < -0.4 is 21.4 Å². The lowest BCUT2D eigenvalue weighted by Gasteiger charge is -2.12. The molecule has 0 aliphatic carbocycles. The Morgan fingerprint density at radius 3 is 2.86 bits per heavy atom. The van der Waals surface area contributed by atoms with E-state index in [-0.39, 0.29) is 6.10 Å². The van der Waals surface area contributed by atoms with Crippen LogP contribution in [0.25, 0.3) is 0 Å². The predicted octanol–water partition coefficient (Wildman–Crippen LogP) is 2.35. The number of aromatic amines is 1. The number of hydrogen-bond acceptors (Lipinski definition) is 7. The van der Waals surface area contributed by atoms with Crippen molar-refractivity contribution in [2.24, 2.45) is 0 Å². The normalized spacial score (nSPS) is 10.6. The summed E-state index contributed by atoms with van der Waals surface area (Å²) in [6.07, 6.45) is 5.00. The van der Waals surface area contributed by atoms with E-state index in [1.807, 2.05) is 6.07 Å². The van der Waals surface area contributed by atoms with Gasteiger partial charge in [0.15, 0.2) is 0 Å². The Hall–Kier alpha value is -3.56. The quantitative estimate of drug-likeness (QED) is 0.436. The molecule has 2 aromatic heterocycles. The Morgan fingerprint density at radius 2 is 2.10 bits per heavy atom. The third-order valence-corrected chi connectivity index (χ3v) is 3.77. The minimum atomic E-state index is -0.510. The molecule has 10 heteroatoms. The molecule has 0 unspecified atom stereocenters. The van der Waals surface area contributed by atoms with Crippen LogP contribution in [0.5, 0.6) is 0 Å². The van der Waals surface area contributed by atoms with Crippen LogP contribution in [0.1, 0.15) is 19.5 Å². The van der Waals surface area contributed by atoms with E-state index in [0.717, 1.165) is 12.1 Å². The summed E-state index contributed by atoms with van der Waals surface area (Å²) >= 11 is 0. The Labute approximate surface area is 170 Å². The van der Waals surface area contributed by atoms with Gasteiger partial charge in [0, 0.05) is 42.4 Å². The molecule has 4 N–H and O–H groups in total. The first kappa shape index (κ1) is 20.2. The molecule has 0 fully saturated rings. The number of ether oxygens (including phenoxy) is 1. The van der Waals surface area contributed by atoms with Gasteiger partial charge in [-0.15, -0.1) is 0 Å². The molecule has 1 amide bonds. The minimum Gasteiger partial charge on any atom is -0.447 e. The summed E-state index contributed by atoms with van der Waals surface area (Å²) < 4.78 is 5.08. The van der Waals surface area contributed by atoms with Gasteiger partial charge in [0.25, 0.3) is 0 Å². The lowest BCUT2D eigenvalue weighted by Crippen LogP contribution is -2.18. The number of benzene rings is 1. The number of imidazole rings is 1. The second-order valence-corrected chi connectivity index (χ2v) is 6.54. The molecule has 148 valence electrons. The predicted molar refractivity (Wildman–Crippen MR) is 113 cm³/mol. The molecule has 2 heterocycles. The van der Waals surface area contributed by atoms with Gasteiger partial charge >= 0.3 is 6.09 Å². The number of amides is 1. The van der Waals surface area contributed by atoms with Crippen LogP contribution in [0.2, 0.25) is 0 Å². The Kier molecular flexibility index (Phi) is 6.67. The standard InChI is InChI=1S/C19H22BN7O2/c1-12(2)29-19(28)26-14-5-3-4-13(8-14)25-18-23-10-16(20)17(27-18)22-7-6-15-9-21-11-24-15/h3-5,8-12H,6-7H2,1-2H3,(H,21,24)(H,26,28)(H2,22,23,25,27). The Bertz CT molecular complexity index is 947. The molecule has 0 atom stereocenters. The molecule has 0 saturated carbocycles. The summed E-state index contributed by atoms with van der Waals surface area (Å²) in [7, 11) is 5.96. The summed E-state index contributed by atoms with van der Waals surface area (Å²) in [6.45, 7) is 4.22.